The van der Waals surface area contributed by atoms with Gasteiger partial charge in [-0.25, -0.2) is 17.6 Å². The molecule has 0 aliphatic carbocycles. The summed E-state index contributed by atoms with van der Waals surface area (Å²) in [6.07, 6.45) is 0. The first kappa shape index (κ1) is 16.2. The highest BCUT2D eigenvalue weighted by Gasteiger charge is 2.22. The zero-order valence-electron chi connectivity index (χ0n) is 10.7. The molecule has 20 heavy (non-hydrogen) atoms. The minimum absolute atomic E-state index is 0.00612. The summed E-state index contributed by atoms with van der Waals surface area (Å²) in [6.45, 7) is 5.76. The van der Waals surface area contributed by atoms with E-state index in [-0.39, 0.29) is 13.2 Å². The van der Waals surface area contributed by atoms with E-state index in [1.807, 2.05) is 0 Å². The van der Waals surface area contributed by atoms with E-state index in [0.29, 0.717) is 12.7 Å². The molecule has 0 radical (unpaired) electrons. The number of ether oxygens (including phenoxy) is 1. The highest BCUT2D eigenvalue weighted by Crippen LogP contribution is 2.18. The SMILES string of the molecule is C=C(C)COCCNC(=O)c1cc(F)c(F)c(F)c1F. The second-order valence-electron chi connectivity index (χ2n) is 4.11. The third kappa shape index (κ3) is 4.06. The number of carbonyl (C=O) groups is 1. The van der Waals surface area contributed by atoms with Crippen molar-refractivity contribution in [3.63, 3.8) is 0 Å². The second-order valence-corrected chi connectivity index (χ2v) is 4.11. The Morgan fingerprint density at radius 1 is 1.25 bits per heavy atom. The van der Waals surface area contributed by atoms with Crippen molar-refractivity contribution in [1.82, 2.24) is 5.32 Å². The quantitative estimate of drug-likeness (QED) is 0.288. The average molecular weight is 291 g/mol. The molecule has 1 aromatic carbocycles. The van der Waals surface area contributed by atoms with Crippen LogP contribution >= 0.6 is 0 Å². The lowest BCUT2D eigenvalue weighted by atomic mass is 10.1. The first-order valence-electron chi connectivity index (χ1n) is 5.68. The topological polar surface area (TPSA) is 38.3 Å². The third-order valence-corrected chi connectivity index (χ3v) is 2.23. The minimum atomic E-state index is -2.02. The fraction of sp³-hybridized carbons (Fsp3) is 0.308. The molecule has 3 nitrogen and oxygen atoms in total. The van der Waals surface area contributed by atoms with Crippen molar-refractivity contribution in [1.29, 1.82) is 0 Å². The Kier molecular flexibility index (Phi) is 5.69. The molecule has 0 saturated heterocycles. The van der Waals surface area contributed by atoms with E-state index in [9.17, 15) is 22.4 Å². The van der Waals surface area contributed by atoms with Crippen LogP contribution in [0.3, 0.4) is 0 Å². The van der Waals surface area contributed by atoms with Crippen LogP contribution in [-0.2, 0) is 4.74 Å². The van der Waals surface area contributed by atoms with Gasteiger partial charge in [-0.1, -0.05) is 12.2 Å². The van der Waals surface area contributed by atoms with Gasteiger partial charge in [-0.3, -0.25) is 4.79 Å². The third-order valence-electron chi connectivity index (χ3n) is 2.23. The fourth-order valence-corrected chi connectivity index (χ4v) is 1.32. The van der Waals surface area contributed by atoms with E-state index in [2.05, 4.69) is 11.9 Å². The number of halogens is 4. The zero-order valence-corrected chi connectivity index (χ0v) is 10.7. The van der Waals surface area contributed by atoms with Crippen LogP contribution in [0.5, 0.6) is 0 Å². The number of nitrogens with one attached hydrogen (secondary N) is 1. The summed E-state index contributed by atoms with van der Waals surface area (Å²) in [5.41, 5.74) is -0.119. The van der Waals surface area contributed by atoms with Crippen LogP contribution in [0.4, 0.5) is 17.6 Å². The Morgan fingerprint density at radius 3 is 2.50 bits per heavy atom. The second kappa shape index (κ2) is 7.04. The molecule has 1 aromatic rings. The van der Waals surface area contributed by atoms with Gasteiger partial charge in [-0.15, -0.1) is 0 Å². The number of amides is 1. The lowest BCUT2D eigenvalue weighted by Crippen LogP contribution is -2.28. The molecule has 0 aromatic heterocycles. The molecule has 0 saturated carbocycles. The molecule has 0 unspecified atom stereocenters. The predicted octanol–water partition coefficient (Wildman–Crippen LogP) is 2.57. The molecule has 0 spiro atoms. The first-order chi connectivity index (χ1) is 9.34. The van der Waals surface area contributed by atoms with E-state index in [1.54, 1.807) is 6.92 Å². The molecule has 0 fully saturated rings. The molecule has 1 N–H and O–H groups in total. The van der Waals surface area contributed by atoms with Gasteiger partial charge in [0.2, 0.25) is 0 Å². The number of rotatable bonds is 6. The number of hydrogen-bond donors (Lipinski definition) is 1. The summed E-state index contributed by atoms with van der Waals surface area (Å²) >= 11 is 0. The van der Waals surface area contributed by atoms with Crippen molar-refractivity contribution in [3.8, 4) is 0 Å². The standard InChI is InChI=1S/C13H13F4NO2/c1-7(2)6-20-4-3-18-13(19)8-5-9(14)11(16)12(17)10(8)15/h5H,1,3-4,6H2,2H3,(H,18,19). The Bertz CT molecular complexity index is 532. The highest BCUT2D eigenvalue weighted by atomic mass is 19.2. The largest absolute Gasteiger partial charge is 0.375 e. The molecule has 1 rings (SSSR count). The minimum Gasteiger partial charge on any atom is -0.375 e. The summed E-state index contributed by atoms with van der Waals surface area (Å²) in [6, 6.07) is 0.303. The lowest BCUT2D eigenvalue weighted by molar-refractivity contribution is 0.0921. The molecule has 7 heteroatoms. The average Bonchev–Trinajstić information content (AvgIpc) is 2.39. The van der Waals surface area contributed by atoms with Crippen LogP contribution in [0.1, 0.15) is 17.3 Å². The van der Waals surface area contributed by atoms with Crippen LogP contribution in [0, 0.1) is 23.3 Å². The van der Waals surface area contributed by atoms with Crippen LogP contribution < -0.4 is 5.32 Å². The van der Waals surface area contributed by atoms with Gasteiger partial charge in [-0.05, 0) is 13.0 Å². The van der Waals surface area contributed by atoms with Gasteiger partial charge < -0.3 is 10.1 Å². The van der Waals surface area contributed by atoms with Gasteiger partial charge in [0.1, 0.15) is 0 Å². The molecule has 1 amide bonds. The van der Waals surface area contributed by atoms with Gasteiger partial charge in [-0.2, -0.15) is 0 Å². The summed E-state index contributed by atoms with van der Waals surface area (Å²) in [5.74, 6) is -8.39. The molecule has 110 valence electrons. The van der Waals surface area contributed by atoms with Gasteiger partial charge in [0.15, 0.2) is 23.3 Å². The molecule has 0 aliphatic heterocycles. The molecule has 0 aliphatic rings. The number of hydrogen-bond acceptors (Lipinski definition) is 2. The van der Waals surface area contributed by atoms with Crippen molar-refractivity contribution >= 4 is 5.91 Å². The number of benzene rings is 1. The maximum atomic E-state index is 13.3. The molecule has 0 bridgehead atoms. The maximum Gasteiger partial charge on any atom is 0.254 e. The maximum absolute atomic E-state index is 13.3. The highest BCUT2D eigenvalue weighted by molar-refractivity contribution is 5.94. The van der Waals surface area contributed by atoms with E-state index in [0.717, 1.165) is 5.57 Å². The van der Waals surface area contributed by atoms with Crippen molar-refractivity contribution < 1.29 is 27.1 Å². The Hall–Kier alpha value is -1.89. The lowest BCUT2D eigenvalue weighted by Gasteiger charge is -2.08. The Morgan fingerprint density at radius 2 is 1.90 bits per heavy atom. The summed E-state index contributed by atoms with van der Waals surface area (Å²) in [4.78, 5) is 11.5. The van der Waals surface area contributed by atoms with Crippen LogP contribution in [0.15, 0.2) is 18.2 Å². The van der Waals surface area contributed by atoms with Gasteiger partial charge in [0, 0.05) is 6.54 Å². The molecule has 0 heterocycles. The summed E-state index contributed by atoms with van der Waals surface area (Å²) in [5, 5.41) is 2.20. The Balaban J connectivity index is 2.62. The monoisotopic (exact) mass is 291 g/mol. The van der Waals surface area contributed by atoms with Gasteiger partial charge >= 0.3 is 0 Å². The van der Waals surface area contributed by atoms with Crippen LogP contribution in [0.2, 0.25) is 0 Å². The first-order valence-corrected chi connectivity index (χ1v) is 5.68. The van der Waals surface area contributed by atoms with E-state index in [1.165, 1.54) is 0 Å². The molecule has 0 atom stereocenters. The zero-order chi connectivity index (χ0) is 15.3. The van der Waals surface area contributed by atoms with Crippen molar-refractivity contribution in [2.45, 2.75) is 6.92 Å². The molecular formula is C13H13F4NO2. The predicted molar refractivity (Wildman–Crippen MR) is 64.2 cm³/mol. The van der Waals surface area contributed by atoms with Crippen molar-refractivity contribution in [2.75, 3.05) is 19.8 Å². The summed E-state index contributed by atoms with van der Waals surface area (Å²) < 4.78 is 56.9. The van der Waals surface area contributed by atoms with Crippen LogP contribution in [0.25, 0.3) is 0 Å². The van der Waals surface area contributed by atoms with E-state index >= 15 is 0 Å². The van der Waals surface area contributed by atoms with E-state index in [4.69, 9.17) is 4.74 Å². The molecular weight excluding hydrogens is 278 g/mol. The van der Waals surface area contributed by atoms with E-state index < -0.39 is 34.7 Å². The number of carbonyl (C=O) groups excluding carboxylic acids is 1. The van der Waals surface area contributed by atoms with Gasteiger partial charge in [0.05, 0.1) is 18.8 Å². The van der Waals surface area contributed by atoms with Crippen LogP contribution in [-0.4, -0.2) is 25.7 Å². The normalized spacial score (nSPS) is 10.4. The smallest absolute Gasteiger partial charge is 0.254 e. The van der Waals surface area contributed by atoms with Crippen molar-refractivity contribution in [2.24, 2.45) is 0 Å². The Labute approximate surface area is 113 Å². The summed E-state index contributed by atoms with van der Waals surface area (Å²) in [7, 11) is 0. The van der Waals surface area contributed by atoms with Gasteiger partial charge in [0.25, 0.3) is 5.91 Å². The fourth-order valence-electron chi connectivity index (χ4n) is 1.32. The van der Waals surface area contributed by atoms with Crippen molar-refractivity contribution in [3.05, 3.63) is 47.1 Å².